The molecule has 4 rings (SSSR count). The van der Waals surface area contributed by atoms with Crippen LogP contribution in [0.5, 0.6) is 0 Å². The molecule has 0 aliphatic carbocycles. The molecular weight excluding hydrogens is 452 g/mol. The van der Waals surface area contributed by atoms with Crippen LogP contribution in [0.25, 0.3) is 11.4 Å². The van der Waals surface area contributed by atoms with Gasteiger partial charge < -0.3 is 10.1 Å². The SMILES string of the molecule is C=CC[C@H](Nc1cc(Cl)cc(NC(=O)OCc2ccccc2)c1)c1cccc(-c2nn[nH]n2)c1. The Kier molecular flexibility index (Phi) is 7.52. The third-order valence-electron chi connectivity index (χ3n) is 4.99. The number of carbonyl (C=O) groups is 1. The Morgan fingerprint density at radius 1 is 1.09 bits per heavy atom. The van der Waals surface area contributed by atoms with Crippen molar-refractivity contribution in [3.05, 3.63) is 102 Å². The third-order valence-corrected chi connectivity index (χ3v) is 5.21. The zero-order valence-corrected chi connectivity index (χ0v) is 19.0. The minimum Gasteiger partial charge on any atom is -0.444 e. The first-order valence-electron chi connectivity index (χ1n) is 10.6. The van der Waals surface area contributed by atoms with Crippen LogP contribution < -0.4 is 10.6 Å². The van der Waals surface area contributed by atoms with Gasteiger partial charge in [-0.1, -0.05) is 66.2 Å². The van der Waals surface area contributed by atoms with Gasteiger partial charge in [0.25, 0.3) is 0 Å². The number of anilines is 2. The molecule has 9 heteroatoms. The summed E-state index contributed by atoms with van der Waals surface area (Å²) in [5.41, 5.74) is 4.02. The molecule has 0 radical (unpaired) electrons. The summed E-state index contributed by atoms with van der Waals surface area (Å²) in [5, 5.41) is 20.9. The summed E-state index contributed by atoms with van der Waals surface area (Å²) in [4.78, 5) is 12.3. The summed E-state index contributed by atoms with van der Waals surface area (Å²) in [6.07, 6.45) is 1.93. The van der Waals surface area contributed by atoms with E-state index < -0.39 is 6.09 Å². The van der Waals surface area contributed by atoms with Crippen LogP contribution in [0.4, 0.5) is 16.2 Å². The van der Waals surface area contributed by atoms with E-state index in [1.807, 2.05) is 60.7 Å². The van der Waals surface area contributed by atoms with Crippen LogP contribution in [0.3, 0.4) is 0 Å². The van der Waals surface area contributed by atoms with Gasteiger partial charge in [0.2, 0.25) is 5.82 Å². The highest BCUT2D eigenvalue weighted by atomic mass is 35.5. The fourth-order valence-electron chi connectivity index (χ4n) is 3.45. The van der Waals surface area contributed by atoms with Gasteiger partial charge >= 0.3 is 6.09 Å². The van der Waals surface area contributed by atoms with Gasteiger partial charge in [-0.2, -0.15) is 5.21 Å². The average molecular weight is 475 g/mol. The maximum absolute atomic E-state index is 12.3. The second-order valence-electron chi connectivity index (χ2n) is 7.50. The number of carbonyl (C=O) groups excluding carboxylic acids is 1. The monoisotopic (exact) mass is 474 g/mol. The van der Waals surface area contributed by atoms with E-state index in [2.05, 4.69) is 37.8 Å². The molecule has 0 aliphatic rings. The van der Waals surface area contributed by atoms with Gasteiger partial charge in [-0.15, -0.1) is 16.8 Å². The number of nitrogens with one attached hydrogen (secondary N) is 3. The largest absolute Gasteiger partial charge is 0.444 e. The van der Waals surface area contributed by atoms with Crippen LogP contribution in [-0.2, 0) is 11.3 Å². The fraction of sp³-hybridized carbons (Fsp3) is 0.120. The van der Waals surface area contributed by atoms with Gasteiger partial charge in [0, 0.05) is 22.0 Å². The van der Waals surface area contributed by atoms with Gasteiger partial charge in [0.05, 0.1) is 6.04 Å². The number of aromatic nitrogens is 4. The molecule has 0 spiro atoms. The van der Waals surface area contributed by atoms with E-state index in [-0.39, 0.29) is 12.6 Å². The van der Waals surface area contributed by atoms with Crippen LogP contribution in [0, 0.1) is 0 Å². The Morgan fingerprint density at radius 2 is 1.91 bits per heavy atom. The van der Waals surface area contributed by atoms with E-state index in [1.165, 1.54) is 0 Å². The molecule has 0 unspecified atom stereocenters. The fourth-order valence-corrected chi connectivity index (χ4v) is 3.68. The summed E-state index contributed by atoms with van der Waals surface area (Å²) in [6.45, 7) is 4.06. The van der Waals surface area contributed by atoms with Gasteiger partial charge in [0.1, 0.15) is 6.61 Å². The maximum Gasteiger partial charge on any atom is 0.411 e. The maximum atomic E-state index is 12.3. The highest BCUT2D eigenvalue weighted by Gasteiger charge is 2.14. The standard InChI is InChI=1S/C25H23ClN6O2/c1-2-7-23(18-10-6-11-19(12-18)24-29-31-32-30-24)27-21-13-20(26)14-22(15-21)28-25(33)34-16-17-8-4-3-5-9-17/h2-6,8-15,23,27H,1,7,16H2,(H,28,33)(H,29,30,31,32)/t23-/m0/s1. The predicted octanol–water partition coefficient (Wildman–Crippen LogP) is 6.00. The van der Waals surface area contributed by atoms with Gasteiger partial charge in [-0.25, -0.2) is 4.79 Å². The van der Waals surface area contributed by atoms with E-state index in [4.69, 9.17) is 16.3 Å². The number of benzene rings is 3. The number of H-pyrrole nitrogens is 1. The minimum absolute atomic E-state index is 0.0966. The van der Waals surface area contributed by atoms with Crippen molar-refractivity contribution in [3.8, 4) is 11.4 Å². The van der Waals surface area contributed by atoms with E-state index >= 15 is 0 Å². The second-order valence-corrected chi connectivity index (χ2v) is 7.93. The molecule has 3 N–H and O–H groups in total. The van der Waals surface area contributed by atoms with Crippen molar-refractivity contribution in [1.29, 1.82) is 0 Å². The molecular formula is C25H23ClN6O2. The van der Waals surface area contributed by atoms with E-state index in [0.717, 1.165) is 22.4 Å². The van der Waals surface area contributed by atoms with Gasteiger partial charge in [-0.3, -0.25) is 5.32 Å². The van der Waals surface area contributed by atoms with Crippen LogP contribution in [0.15, 0.2) is 85.5 Å². The minimum atomic E-state index is -0.562. The normalized spacial score (nSPS) is 11.4. The Hall–Kier alpha value is -4.17. The van der Waals surface area contributed by atoms with Crippen LogP contribution in [0.2, 0.25) is 5.02 Å². The van der Waals surface area contributed by atoms with Crippen molar-refractivity contribution >= 4 is 29.1 Å². The van der Waals surface area contributed by atoms with Crippen molar-refractivity contribution < 1.29 is 9.53 Å². The number of hydrogen-bond acceptors (Lipinski definition) is 6. The molecule has 172 valence electrons. The van der Waals surface area contributed by atoms with Gasteiger partial charge in [-0.05, 0) is 47.0 Å². The number of rotatable bonds is 9. The molecule has 0 fully saturated rings. The number of amides is 1. The Balaban J connectivity index is 1.47. The lowest BCUT2D eigenvalue weighted by molar-refractivity contribution is 0.155. The average Bonchev–Trinajstić information content (AvgIpc) is 3.38. The van der Waals surface area contributed by atoms with E-state index in [0.29, 0.717) is 23.0 Å². The summed E-state index contributed by atoms with van der Waals surface area (Å²) < 4.78 is 5.30. The van der Waals surface area contributed by atoms with E-state index in [1.54, 1.807) is 18.2 Å². The molecule has 4 aromatic rings. The topological polar surface area (TPSA) is 105 Å². The molecule has 8 nitrogen and oxygen atoms in total. The third kappa shape index (κ3) is 6.20. The lowest BCUT2D eigenvalue weighted by Gasteiger charge is -2.20. The number of aromatic amines is 1. The van der Waals surface area contributed by atoms with Crippen LogP contribution >= 0.6 is 11.6 Å². The molecule has 1 aromatic heterocycles. The summed E-state index contributed by atoms with van der Waals surface area (Å²) in [5.74, 6) is 0.516. The first-order valence-corrected chi connectivity index (χ1v) is 11.0. The molecule has 0 saturated carbocycles. The van der Waals surface area contributed by atoms with Crippen LogP contribution in [-0.4, -0.2) is 26.7 Å². The highest BCUT2D eigenvalue weighted by molar-refractivity contribution is 6.31. The number of tetrazole rings is 1. The molecule has 0 aliphatic heterocycles. The Morgan fingerprint density at radius 3 is 2.68 bits per heavy atom. The number of hydrogen-bond donors (Lipinski definition) is 3. The van der Waals surface area contributed by atoms with Gasteiger partial charge in [0.15, 0.2) is 0 Å². The molecule has 1 heterocycles. The second kappa shape index (κ2) is 11.1. The van der Waals surface area contributed by atoms with E-state index in [9.17, 15) is 4.79 Å². The zero-order chi connectivity index (χ0) is 23.8. The van der Waals surface area contributed by atoms with Crippen molar-refractivity contribution in [1.82, 2.24) is 20.6 Å². The van der Waals surface area contributed by atoms with Crippen molar-refractivity contribution in [2.75, 3.05) is 10.6 Å². The number of nitrogens with zero attached hydrogens (tertiary/aromatic N) is 3. The molecule has 34 heavy (non-hydrogen) atoms. The van der Waals surface area contributed by atoms with Crippen molar-refractivity contribution in [2.24, 2.45) is 0 Å². The molecule has 0 bridgehead atoms. The zero-order valence-electron chi connectivity index (χ0n) is 18.2. The molecule has 1 amide bonds. The summed E-state index contributed by atoms with van der Waals surface area (Å²) >= 11 is 6.33. The quantitative estimate of drug-likeness (QED) is 0.257. The molecule has 1 atom stereocenters. The smallest absolute Gasteiger partial charge is 0.411 e. The highest BCUT2D eigenvalue weighted by Crippen LogP contribution is 2.29. The summed E-state index contributed by atoms with van der Waals surface area (Å²) in [6, 6.07) is 22.5. The Labute approximate surface area is 202 Å². The van der Waals surface area contributed by atoms with Crippen LogP contribution in [0.1, 0.15) is 23.6 Å². The summed E-state index contributed by atoms with van der Waals surface area (Å²) in [7, 11) is 0. The first kappa shape index (κ1) is 23.0. The first-order chi connectivity index (χ1) is 16.6. The van der Waals surface area contributed by atoms with Crippen molar-refractivity contribution in [2.45, 2.75) is 19.1 Å². The Bertz CT molecular complexity index is 1250. The lowest BCUT2D eigenvalue weighted by Crippen LogP contribution is -2.14. The number of halogens is 1. The lowest BCUT2D eigenvalue weighted by atomic mass is 10.0. The molecule has 3 aromatic carbocycles. The number of ether oxygens (including phenoxy) is 1. The van der Waals surface area contributed by atoms with Crippen molar-refractivity contribution in [3.63, 3.8) is 0 Å². The molecule has 0 saturated heterocycles. The predicted molar refractivity (Wildman–Crippen MR) is 132 cm³/mol.